The van der Waals surface area contributed by atoms with Crippen LogP contribution in [-0.2, 0) is 13.1 Å². The summed E-state index contributed by atoms with van der Waals surface area (Å²) in [5.41, 5.74) is 3.39. The van der Waals surface area contributed by atoms with Gasteiger partial charge in [-0.3, -0.25) is 14.6 Å². The highest BCUT2D eigenvalue weighted by atomic mass is 19.1. The first kappa shape index (κ1) is 28.3. The van der Waals surface area contributed by atoms with E-state index < -0.39 is 5.82 Å². The van der Waals surface area contributed by atoms with Crippen molar-refractivity contribution in [3.8, 4) is 17.9 Å². The topological polar surface area (TPSA) is 92.4 Å². The summed E-state index contributed by atoms with van der Waals surface area (Å²) in [5.74, 6) is 0.144. The second-order valence-corrected chi connectivity index (χ2v) is 10.9. The molecule has 1 N–H and O–H groups in total. The summed E-state index contributed by atoms with van der Waals surface area (Å²) in [6.45, 7) is 4.96. The zero-order chi connectivity index (χ0) is 28.6. The van der Waals surface area contributed by atoms with Crippen LogP contribution in [0.2, 0.25) is 0 Å². The number of piperidine rings is 2. The van der Waals surface area contributed by atoms with Gasteiger partial charge in [0, 0.05) is 50.9 Å². The summed E-state index contributed by atoms with van der Waals surface area (Å²) in [5, 5.41) is 21.1. The van der Waals surface area contributed by atoms with E-state index >= 15 is 0 Å². The Morgan fingerprint density at radius 3 is 2.17 bits per heavy atom. The lowest BCUT2D eigenvalue weighted by molar-refractivity contribution is 0.0900. The molecule has 2 aliphatic heterocycles. The van der Waals surface area contributed by atoms with Crippen molar-refractivity contribution in [3.63, 3.8) is 0 Å². The number of rotatable bonds is 8. The van der Waals surface area contributed by atoms with Crippen LogP contribution in [0.5, 0.6) is 5.75 Å². The van der Waals surface area contributed by atoms with Crippen LogP contribution < -0.4 is 10.1 Å². The molecule has 2 fully saturated rings. The average Bonchev–Trinajstić information content (AvgIpc) is 3.00. The minimum atomic E-state index is -0.475. The summed E-state index contributed by atoms with van der Waals surface area (Å²) in [7, 11) is 0. The lowest BCUT2D eigenvalue weighted by Crippen LogP contribution is -2.44. The molecular formula is C33H34FN5O2. The number of carbonyl (C=O) groups excluding carboxylic acids is 1. The van der Waals surface area contributed by atoms with Crippen molar-refractivity contribution in [1.82, 2.24) is 15.1 Å². The maximum Gasteiger partial charge on any atom is 0.251 e. The normalized spacial score (nSPS) is 17.0. The summed E-state index contributed by atoms with van der Waals surface area (Å²) in [4.78, 5) is 17.7. The van der Waals surface area contributed by atoms with Gasteiger partial charge in [-0.1, -0.05) is 24.3 Å². The van der Waals surface area contributed by atoms with Crippen molar-refractivity contribution in [3.05, 3.63) is 100 Å². The monoisotopic (exact) mass is 551 g/mol. The number of likely N-dealkylation sites (tertiary alicyclic amines) is 2. The Morgan fingerprint density at radius 1 is 0.854 bits per heavy atom. The molecule has 2 saturated heterocycles. The van der Waals surface area contributed by atoms with Crippen molar-refractivity contribution in [1.29, 1.82) is 10.5 Å². The number of carbonyl (C=O) groups is 1. The smallest absolute Gasteiger partial charge is 0.251 e. The van der Waals surface area contributed by atoms with Gasteiger partial charge in [0.25, 0.3) is 5.91 Å². The second-order valence-electron chi connectivity index (χ2n) is 10.9. The minimum absolute atomic E-state index is 0.0581. The fourth-order valence-electron chi connectivity index (χ4n) is 5.54. The van der Waals surface area contributed by atoms with E-state index in [1.54, 1.807) is 0 Å². The Labute approximate surface area is 240 Å². The Balaban J connectivity index is 1.05. The van der Waals surface area contributed by atoms with Crippen LogP contribution >= 0.6 is 0 Å². The Kier molecular flexibility index (Phi) is 9.26. The van der Waals surface area contributed by atoms with Gasteiger partial charge in [0.05, 0.1) is 17.2 Å². The van der Waals surface area contributed by atoms with Gasteiger partial charge in [0.2, 0.25) is 0 Å². The highest BCUT2D eigenvalue weighted by Gasteiger charge is 2.23. The molecule has 0 aliphatic carbocycles. The van der Waals surface area contributed by atoms with E-state index in [4.69, 9.17) is 15.3 Å². The number of hydrogen-bond donors (Lipinski definition) is 1. The lowest BCUT2D eigenvalue weighted by atomic mass is 10.0. The van der Waals surface area contributed by atoms with Crippen LogP contribution in [0, 0.1) is 28.5 Å². The number of nitrogens with one attached hydrogen (secondary N) is 1. The van der Waals surface area contributed by atoms with E-state index in [0.29, 0.717) is 23.4 Å². The van der Waals surface area contributed by atoms with E-state index in [0.717, 1.165) is 64.0 Å². The first-order valence-corrected chi connectivity index (χ1v) is 14.2. The van der Waals surface area contributed by atoms with Gasteiger partial charge in [0.1, 0.15) is 23.7 Å². The number of nitrogens with zero attached hydrogens (tertiary/aromatic N) is 4. The van der Waals surface area contributed by atoms with Crippen molar-refractivity contribution < 1.29 is 13.9 Å². The van der Waals surface area contributed by atoms with E-state index in [1.807, 2.05) is 60.7 Å². The second kappa shape index (κ2) is 13.4. The van der Waals surface area contributed by atoms with Crippen LogP contribution in [-0.4, -0.2) is 54.0 Å². The molecule has 0 saturated carbocycles. The van der Waals surface area contributed by atoms with Crippen LogP contribution in [0.3, 0.4) is 0 Å². The molecule has 2 heterocycles. The molecule has 8 heteroatoms. The molecule has 3 aromatic rings. The van der Waals surface area contributed by atoms with Gasteiger partial charge in [-0.05, 0) is 79.3 Å². The highest BCUT2D eigenvalue weighted by Crippen LogP contribution is 2.22. The Bertz CT molecular complexity index is 1430. The highest BCUT2D eigenvalue weighted by molar-refractivity contribution is 5.94. The molecule has 41 heavy (non-hydrogen) atoms. The van der Waals surface area contributed by atoms with E-state index in [9.17, 15) is 9.18 Å². The molecule has 0 bridgehead atoms. The zero-order valence-corrected chi connectivity index (χ0v) is 23.1. The fourth-order valence-corrected chi connectivity index (χ4v) is 5.54. The summed E-state index contributed by atoms with van der Waals surface area (Å²) in [6, 6.07) is 24.0. The number of halogens is 1. The third-order valence-electron chi connectivity index (χ3n) is 7.91. The number of nitriles is 2. The molecule has 0 aromatic heterocycles. The van der Waals surface area contributed by atoms with Gasteiger partial charge in [-0.2, -0.15) is 10.5 Å². The number of amides is 1. The molecule has 210 valence electrons. The number of ether oxygens (including phenoxy) is 1. The quantitative estimate of drug-likeness (QED) is 0.423. The van der Waals surface area contributed by atoms with Gasteiger partial charge in [-0.15, -0.1) is 0 Å². The Hall–Kier alpha value is -4.24. The minimum Gasteiger partial charge on any atom is -0.490 e. The van der Waals surface area contributed by atoms with Gasteiger partial charge in [0.15, 0.2) is 0 Å². The van der Waals surface area contributed by atoms with Gasteiger partial charge >= 0.3 is 0 Å². The number of benzene rings is 3. The predicted molar refractivity (Wildman–Crippen MR) is 153 cm³/mol. The van der Waals surface area contributed by atoms with Crippen molar-refractivity contribution in [2.45, 2.75) is 50.9 Å². The zero-order valence-electron chi connectivity index (χ0n) is 23.1. The molecule has 2 aliphatic rings. The van der Waals surface area contributed by atoms with Crippen LogP contribution in [0.1, 0.15) is 58.3 Å². The van der Waals surface area contributed by atoms with E-state index in [1.165, 1.54) is 17.7 Å². The Morgan fingerprint density at radius 2 is 1.51 bits per heavy atom. The van der Waals surface area contributed by atoms with E-state index in [-0.39, 0.29) is 23.6 Å². The molecule has 5 rings (SSSR count). The summed E-state index contributed by atoms with van der Waals surface area (Å²) in [6.07, 6.45) is 3.53. The van der Waals surface area contributed by atoms with Gasteiger partial charge in [-0.25, -0.2) is 4.39 Å². The first-order chi connectivity index (χ1) is 20.0. The third kappa shape index (κ3) is 7.70. The van der Waals surface area contributed by atoms with Crippen LogP contribution in [0.25, 0.3) is 0 Å². The standard InChI is InChI=1S/C33H34FN5O2/c34-32-18-26(8-9-28(32)21-36)23-39-16-12-30(13-17-39)41-31-3-1-2-27(19-31)33(40)37-29-10-14-38(15-11-29)22-25-6-4-24(20-35)5-7-25/h1-9,18-19,29-30H,10-17,22-23H2,(H,37,40). The first-order valence-electron chi connectivity index (χ1n) is 14.2. The maximum absolute atomic E-state index is 13.9. The van der Waals surface area contributed by atoms with Crippen molar-refractivity contribution >= 4 is 5.91 Å². The predicted octanol–water partition coefficient (Wildman–Crippen LogP) is 5.01. The third-order valence-corrected chi connectivity index (χ3v) is 7.91. The summed E-state index contributed by atoms with van der Waals surface area (Å²) < 4.78 is 20.2. The van der Waals surface area contributed by atoms with Crippen molar-refractivity contribution in [2.75, 3.05) is 26.2 Å². The van der Waals surface area contributed by atoms with Gasteiger partial charge < -0.3 is 10.1 Å². The average molecular weight is 552 g/mol. The molecule has 1 amide bonds. The lowest BCUT2D eigenvalue weighted by Gasteiger charge is -2.32. The van der Waals surface area contributed by atoms with E-state index in [2.05, 4.69) is 21.2 Å². The van der Waals surface area contributed by atoms with Crippen LogP contribution in [0.15, 0.2) is 66.7 Å². The largest absolute Gasteiger partial charge is 0.490 e. The van der Waals surface area contributed by atoms with Crippen LogP contribution in [0.4, 0.5) is 4.39 Å². The molecule has 7 nitrogen and oxygen atoms in total. The fraction of sp³-hybridized carbons (Fsp3) is 0.364. The number of hydrogen-bond acceptors (Lipinski definition) is 6. The SMILES string of the molecule is N#Cc1ccc(CN2CCC(NC(=O)c3cccc(OC4CCN(Cc5ccc(C#N)c(F)c5)CC4)c3)CC2)cc1. The molecule has 0 spiro atoms. The maximum atomic E-state index is 13.9. The molecule has 0 radical (unpaired) electrons. The summed E-state index contributed by atoms with van der Waals surface area (Å²) >= 11 is 0. The molecule has 0 unspecified atom stereocenters. The molecule has 0 atom stereocenters. The van der Waals surface area contributed by atoms with Crippen molar-refractivity contribution in [2.24, 2.45) is 0 Å². The molecular weight excluding hydrogens is 517 g/mol. The molecule has 3 aromatic carbocycles.